The lowest BCUT2D eigenvalue weighted by Crippen LogP contribution is -2.33. The van der Waals surface area contributed by atoms with Gasteiger partial charge in [0.25, 0.3) is 0 Å². The monoisotopic (exact) mass is 277 g/mol. The van der Waals surface area contributed by atoms with Crippen LogP contribution in [0.25, 0.3) is 0 Å². The molecule has 0 bridgehead atoms. The Balaban J connectivity index is 2.64. The lowest BCUT2D eigenvalue weighted by Gasteiger charge is -2.21. The number of ether oxygens (including phenoxy) is 1. The predicted octanol–water partition coefficient (Wildman–Crippen LogP) is 3.71. The Hall–Kier alpha value is -1.35. The molecule has 0 aliphatic rings. The Bertz CT molecular complexity index is 378. The van der Waals surface area contributed by atoms with Gasteiger partial charge in [0, 0.05) is 0 Å². The summed E-state index contributed by atoms with van der Waals surface area (Å²) in [6.45, 7) is 5.27. The van der Waals surface area contributed by atoms with Gasteiger partial charge in [0.1, 0.15) is 6.04 Å². The number of carbonyl (C=O) groups is 1. The Morgan fingerprint density at radius 2 is 1.95 bits per heavy atom. The van der Waals surface area contributed by atoms with Crippen LogP contribution in [0, 0.1) is 5.92 Å². The van der Waals surface area contributed by atoms with E-state index in [-0.39, 0.29) is 12.0 Å². The van der Waals surface area contributed by atoms with Crippen LogP contribution in [0.4, 0.5) is 0 Å². The van der Waals surface area contributed by atoms with Crippen molar-refractivity contribution < 1.29 is 9.53 Å². The van der Waals surface area contributed by atoms with Gasteiger partial charge in [0.15, 0.2) is 0 Å². The second kappa shape index (κ2) is 9.54. The normalized spacial score (nSPS) is 13.8. The van der Waals surface area contributed by atoms with Crippen LogP contribution in [0.15, 0.2) is 30.3 Å². The highest BCUT2D eigenvalue weighted by atomic mass is 16.5. The number of benzene rings is 1. The molecule has 1 aromatic rings. The number of rotatable bonds is 9. The predicted molar refractivity (Wildman–Crippen MR) is 82.5 cm³/mol. The van der Waals surface area contributed by atoms with Crippen LogP contribution in [0.2, 0.25) is 0 Å². The minimum Gasteiger partial charge on any atom is -0.468 e. The second-order valence-corrected chi connectivity index (χ2v) is 5.19. The first-order valence-corrected chi connectivity index (χ1v) is 7.59. The third kappa shape index (κ3) is 5.33. The summed E-state index contributed by atoms with van der Waals surface area (Å²) in [6, 6.07) is 9.40. The van der Waals surface area contributed by atoms with E-state index < -0.39 is 0 Å². The lowest BCUT2D eigenvalue weighted by atomic mass is 9.98. The highest BCUT2D eigenvalue weighted by Crippen LogP contribution is 2.17. The van der Waals surface area contributed by atoms with Gasteiger partial charge in [-0.15, -0.1) is 0 Å². The molecule has 1 aromatic carbocycles. The van der Waals surface area contributed by atoms with E-state index in [0.717, 1.165) is 18.5 Å². The van der Waals surface area contributed by atoms with Crippen LogP contribution in [0.5, 0.6) is 0 Å². The van der Waals surface area contributed by atoms with Gasteiger partial charge >= 0.3 is 5.97 Å². The zero-order valence-electron chi connectivity index (χ0n) is 12.9. The number of hydrogen-bond donors (Lipinski definition) is 1. The highest BCUT2D eigenvalue weighted by molar-refractivity contribution is 5.77. The van der Waals surface area contributed by atoms with Crippen LogP contribution >= 0.6 is 0 Å². The molecule has 0 fully saturated rings. The molecule has 3 heteroatoms. The van der Waals surface area contributed by atoms with E-state index in [2.05, 4.69) is 19.2 Å². The number of methoxy groups -OCH3 is 1. The van der Waals surface area contributed by atoms with E-state index in [0.29, 0.717) is 5.92 Å². The molecule has 0 aliphatic carbocycles. The third-order valence-corrected chi connectivity index (χ3v) is 3.72. The van der Waals surface area contributed by atoms with Crippen molar-refractivity contribution in [2.45, 2.75) is 45.6 Å². The molecule has 0 saturated heterocycles. The Kier molecular flexibility index (Phi) is 7.97. The molecule has 0 saturated carbocycles. The topological polar surface area (TPSA) is 38.3 Å². The van der Waals surface area contributed by atoms with E-state index in [9.17, 15) is 4.79 Å². The summed E-state index contributed by atoms with van der Waals surface area (Å²) in [5.41, 5.74) is 0.963. The fourth-order valence-electron chi connectivity index (χ4n) is 2.33. The van der Waals surface area contributed by atoms with Gasteiger partial charge in [-0.1, -0.05) is 63.4 Å². The van der Waals surface area contributed by atoms with Gasteiger partial charge in [0.2, 0.25) is 0 Å². The summed E-state index contributed by atoms with van der Waals surface area (Å²) in [5.74, 6) is 0.396. The zero-order chi connectivity index (χ0) is 14.8. The summed E-state index contributed by atoms with van der Waals surface area (Å²) in [6.07, 6.45) is 4.81. The number of unbranched alkanes of at least 4 members (excludes halogenated alkanes) is 1. The minimum atomic E-state index is -0.364. The van der Waals surface area contributed by atoms with Crippen LogP contribution in [0.3, 0.4) is 0 Å². The molecule has 3 nitrogen and oxygen atoms in total. The molecule has 112 valence electrons. The maximum Gasteiger partial charge on any atom is 0.327 e. The summed E-state index contributed by atoms with van der Waals surface area (Å²) < 4.78 is 4.91. The van der Waals surface area contributed by atoms with Crippen LogP contribution in [0.1, 0.15) is 51.1 Å². The van der Waals surface area contributed by atoms with Crippen LogP contribution in [-0.4, -0.2) is 19.6 Å². The quantitative estimate of drug-likeness (QED) is 0.699. The molecule has 0 amide bonds. The maximum absolute atomic E-state index is 11.9. The SMILES string of the molecule is CCCCC(CC)CNC(C(=O)OC)c1ccccc1. The number of nitrogens with one attached hydrogen (secondary N) is 1. The van der Waals surface area contributed by atoms with Crippen molar-refractivity contribution >= 4 is 5.97 Å². The third-order valence-electron chi connectivity index (χ3n) is 3.72. The molecule has 1 rings (SSSR count). The number of esters is 1. The second-order valence-electron chi connectivity index (χ2n) is 5.19. The molecular weight excluding hydrogens is 250 g/mol. The van der Waals surface area contributed by atoms with Crippen molar-refractivity contribution in [2.24, 2.45) is 5.92 Å². The summed E-state index contributed by atoms with van der Waals surface area (Å²) >= 11 is 0. The van der Waals surface area contributed by atoms with E-state index in [4.69, 9.17) is 4.74 Å². The van der Waals surface area contributed by atoms with Gasteiger partial charge < -0.3 is 10.1 Å². The maximum atomic E-state index is 11.9. The Morgan fingerprint density at radius 1 is 1.25 bits per heavy atom. The summed E-state index contributed by atoms with van der Waals surface area (Å²) in [4.78, 5) is 11.9. The molecule has 0 spiro atoms. The van der Waals surface area contributed by atoms with E-state index in [1.165, 1.54) is 26.4 Å². The summed E-state index contributed by atoms with van der Waals surface area (Å²) in [5, 5.41) is 3.37. The molecule has 2 unspecified atom stereocenters. The molecule has 0 aliphatic heterocycles. The van der Waals surface area contributed by atoms with Crippen LogP contribution < -0.4 is 5.32 Å². The largest absolute Gasteiger partial charge is 0.468 e. The Morgan fingerprint density at radius 3 is 2.50 bits per heavy atom. The van der Waals surface area contributed by atoms with Gasteiger partial charge in [0.05, 0.1) is 7.11 Å². The van der Waals surface area contributed by atoms with Crippen molar-refractivity contribution in [3.05, 3.63) is 35.9 Å². The van der Waals surface area contributed by atoms with Gasteiger partial charge in [-0.05, 0) is 24.4 Å². The van der Waals surface area contributed by atoms with E-state index >= 15 is 0 Å². The lowest BCUT2D eigenvalue weighted by molar-refractivity contribution is -0.143. The van der Waals surface area contributed by atoms with Crippen molar-refractivity contribution in [2.75, 3.05) is 13.7 Å². The van der Waals surface area contributed by atoms with Gasteiger partial charge in [-0.25, -0.2) is 4.79 Å². The number of hydrogen-bond acceptors (Lipinski definition) is 3. The molecule has 20 heavy (non-hydrogen) atoms. The highest BCUT2D eigenvalue weighted by Gasteiger charge is 2.21. The van der Waals surface area contributed by atoms with Crippen LogP contribution in [-0.2, 0) is 9.53 Å². The van der Waals surface area contributed by atoms with E-state index in [1.54, 1.807) is 0 Å². The standard InChI is InChI=1S/C17H27NO2/c1-4-6-10-14(5-2)13-18-16(17(19)20-3)15-11-8-7-9-12-15/h7-9,11-12,14,16,18H,4-6,10,13H2,1-3H3. The smallest absolute Gasteiger partial charge is 0.327 e. The average Bonchev–Trinajstić information content (AvgIpc) is 2.51. The van der Waals surface area contributed by atoms with Gasteiger partial charge in [-0.2, -0.15) is 0 Å². The molecule has 0 radical (unpaired) electrons. The zero-order valence-corrected chi connectivity index (χ0v) is 12.9. The molecule has 0 heterocycles. The van der Waals surface area contributed by atoms with E-state index in [1.807, 2.05) is 30.3 Å². The molecular formula is C17H27NO2. The first kappa shape index (κ1) is 16.7. The molecule has 2 atom stereocenters. The van der Waals surface area contributed by atoms with Crippen molar-refractivity contribution in [1.29, 1.82) is 0 Å². The fraction of sp³-hybridized carbons (Fsp3) is 0.588. The minimum absolute atomic E-state index is 0.221. The molecule has 0 aromatic heterocycles. The first-order chi connectivity index (χ1) is 9.72. The average molecular weight is 277 g/mol. The first-order valence-electron chi connectivity index (χ1n) is 7.59. The Labute approximate surface area is 122 Å². The number of carbonyl (C=O) groups excluding carboxylic acids is 1. The van der Waals surface area contributed by atoms with Crippen molar-refractivity contribution in [3.8, 4) is 0 Å². The molecule has 1 N–H and O–H groups in total. The fourth-order valence-corrected chi connectivity index (χ4v) is 2.33. The van der Waals surface area contributed by atoms with Crippen molar-refractivity contribution in [1.82, 2.24) is 5.32 Å². The van der Waals surface area contributed by atoms with Crippen molar-refractivity contribution in [3.63, 3.8) is 0 Å². The summed E-state index contributed by atoms with van der Waals surface area (Å²) in [7, 11) is 1.44. The van der Waals surface area contributed by atoms with Gasteiger partial charge in [-0.3, -0.25) is 0 Å².